The monoisotopic (exact) mass is 290 g/mol. The average molecular weight is 290 g/mol. The highest BCUT2D eigenvalue weighted by molar-refractivity contribution is 5.22. The normalized spacial score (nSPS) is 12.9. The van der Waals surface area contributed by atoms with Gasteiger partial charge in [-0.05, 0) is 40.1 Å². The van der Waals surface area contributed by atoms with E-state index < -0.39 is 0 Å². The van der Waals surface area contributed by atoms with Crippen LogP contribution in [-0.2, 0) is 13.1 Å². The summed E-state index contributed by atoms with van der Waals surface area (Å²) in [5, 5.41) is 3.12. The molecule has 0 saturated carbocycles. The number of aryl methyl sites for hydroxylation is 1. The van der Waals surface area contributed by atoms with Crippen LogP contribution in [-0.4, -0.2) is 19.0 Å². The molecule has 0 aliphatic rings. The van der Waals surface area contributed by atoms with E-state index in [0.717, 1.165) is 18.1 Å². The molecule has 1 aromatic carbocycles. The molecule has 0 aliphatic heterocycles. The quantitative estimate of drug-likeness (QED) is 0.880. The second-order valence-electron chi connectivity index (χ2n) is 5.44. The molecule has 1 N–H and O–H groups in total. The highest BCUT2D eigenvalue weighted by Crippen LogP contribution is 2.24. The fourth-order valence-corrected chi connectivity index (χ4v) is 2.47. The van der Waals surface area contributed by atoms with E-state index in [1.165, 1.54) is 11.6 Å². The third-order valence-corrected chi connectivity index (χ3v) is 3.86. The molecular formula is C17H23FN2O. The molecule has 1 atom stereocenters. The maximum Gasteiger partial charge on any atom is 0.127 e. The fraction of sp³-hybridized carbons (Fsp3) is 0.412. The van der Waals surface area contributed by atoms with Gasteiger partial charge in [0.05, 0.1) is 6.54 Å². The number of nitrogens with zero attached hydrogens (tertiary/aromatic N) is 1. The second kappa shape index (κ2) is 6.87. The van der Waals surface area contributed by atoms with Crippen molar-refractivity contribution in [2.45, 2.75) is 33.0 Å². The summed E-state index contributed by atoms with van der Waals surface area (Å²) in [7, 11) is 3.89. The van der Waals surface area contributed by atoms with Crippen LogP contribution in [0.1, 0.15) is 35.6 Å². The van der Waals surface area contributed by atoms with Gasteiger partial charge in [-0.25, -0.2) is 4.39 Å². The highest BCUT2D eigenvalue weighted by Gasteiger charge is 2.17. The molecule has 0 bridgehead atoms. The van der Waals surface area contributed by atoms with Gasteiger partial charge in [-0.3, -0.25) is 4.90 Å². The highest BCUT2D eigenvalue weighted by atomic mass is 19.1. The van der Waals surface area contributed by atoms with Gasteiger partial charge in [0.1, 0.15) is 17.3 Å². The summed E-state index contributed by atoms with van der Waals surface area (Å²) in [6.07, 6.45) is 0. The van der Waals surface area contributed by atoms with E-state index in [0.29, 0.717) is 12.1 Å². The Morgan fingerprint density at radius 2 is 2.05 bits per heavy atom. The largest absolute Gasteiger partial charge is 0.465 e. The summed E-state index contributed by atoms with van der Waals surface area (Å²) < 4.78 is 19.6. The van der Waals surface area contributed by atoms with Gasteiger partial charge in [-0.2, -0.15) is 0 Å². The molecule has 0 spiro atoms. The van der Waals surface area contributed by atoms with Gasteiger partial charge < -0.3 is 9.73 Å². The third kappa shape index (κ3) is 3.71. The van der Waals surface area contributed by atoms with Gasteiger partial charge >= 0.3 is 0 Å². The van der Waals surface area contributed by atoms with Gasteiger partial charge in [0.25, 0.3) is 0 Å². The number of hydrogen-bond donors (Lipinski definition) is 1. The molecule has 2 rings (SSSR count). The molecule has 1 aromatic heterocycles. The topological polar surface area (TPSA) is 28.4 Å². The summed E-state index contributed by atoms with van der Waals surface area (Å²) in [6.45, 7) is 5.42. The van der Waals surface area contributed by atoms with Crippen molar-refractivity contribution in [1.29, 1.82) is 0 Å². The van der Waals surface area contributed by atoms with Gasteiger partial charge in [-0.1, -0.05) is 18.2 Å². The molecule has 1 unspecified atom stereocenters. The zero-order valence-corrected chi connectivity index (χ0v) is 13.1. The van der Waals surface area contributed by atoms with Crippen LogP contribution in [0.25, 0.3) is 0 Å². The van der Waals surface area contributed by atoms with Gasteiger partial charge in [0, 0.05) is 23.7 Å². The molecule has 2 aromatic rings. The summed E-state index contributed by atoms with van der Waals surface area (Å²) in [4.78, 5) is 2.08. The predicted molar refractivity (Wildman–Crippen MR) is 82.5 cm³/mol. The van der Waals surface area contributed by atoms with Crippen LogP contribution in [0, 0.1) is 12.7 Å². The minimum absolute atomic E-state index is 0.00986. The Hall–Kier alpha value is -1.65. The smallest absolute Gasteiger partial charge is 0.127 e. The van der Waals surface area contributed by atoms with Crippen LogP contribution in [0.5, 0.6) is 0 Å². The lowest BCUT2D eigenvalue weighted by molar-refractivity contribution is 0.227. The summed E-state index contributed by atoms with van der Waals surface area (Å²) >= 11 is 0. The van der Waals surface area contributed by atoms with E-state index in [1.54, 1.807) is 6.07 Å². The van der Waals surface area contributed by atoms with Crippen molar-refractivity contribution in [2.24, 2.45) is 0 Å². The van der Waals surface area contributed by atoms with Crippen molar-refractivity contribution in [3.63, 3.8) is 0 Å². The molecule has 1 heterocycles. The predicted octanol–water partition coefficient (Wildman–Crippen LogP) is 3.64. The Morgan fingerprint density at radius 1 is 1.33 bits per heavy atom. The van der Waals surface area contributed by atoms with Crippen LogP contribution >= 0.6 is 0 Å². The summed E-state index contributed by atoms with van der Waals surface area (Å²) in [6, 6.07) is 8.97. The standard InChI is InChI=1S/C17H23FN2O/c1-12(16-7-5-6-8-17(16)18)20(4)11-15-9-14(10-19-3)13(2)21-15/h5-9,12,19H,10-11H2,1-4H3. The minimum atomic E-state index is -0.164. The number of furan rings is 1. The Morgan fingerprint density at radius 3 is 2.71 bits per heavy atom. The minimum Gasteiger partial charge on any atom is -0.465 e. The number of halogens is 1. The molecule has 0 radical (unpaired) electrons. The van der Waals surface area contributed by atoms with E-state index >= 15 is 0 Å². The van der Waals surface area contributed by atoms with Crippen LogP contribution in [0.3, 0.4) is 0 Å². The first-order chi connectivity index (χ1) is 10.0. The molecule has 4 heteroatoms. The molecule has 114 valence electrons. The lowest BCUT2D eigenvalue weighted by Crippen LogP contribution is -2.22. The van der Waals surface area contributed by atoms with Gasteiger partial charge in [0.2, 0.25) is 0 Å². The molecular weight excluding hydrogens is 267 g/mol. The van der Waals surface area contributed by atoms with Crippen molar-refractivity contribution in [3.8, 4) is 0 Å². The van der Waals surface area contributed by atoms with E-state index in [1.807, 2.05) is 40.1 Å². The van der Waals surface area contributed by atoms with Crippen LogP contribution in [0.4, 0.5) is 4.39 Å². The summed E-state index contributed by atoms with van der Waals surface area (Å²) in [5.41, 5.74) is 1.87. The molecule has 0 fully saturated rings. The van der Waals surface area contributed by atoms with Crippen molar-refractivity contribution in [3.05, 3.63) is 58.8 Å². The van der Waals surface area contributed by atoms with Crippen molar-refractivity contribution in [1.82, 2.24) is 10.2 Å². The SMILES string of the molecule is CNCc1cc(CN(C)C(C)c2ccccc2F)oc1C. The lowest BCUT2D eigenvalue weighted by atomic mass is 10.1. The van der Waals surface area contributed by atoms with Crippen molar-refractivity contribution < 1.29 is 8.81 Å². The zero-order valence-electron chi connectivity index (χ0n) is 13.1. The number of benzene rings is 1. The molecule has 0 aliphatic carbocycles. The third-order valence-electron chi connectivity index (χ3n) is 3.86. The van der Waals surface area contributed by atoms with Gasteiger partial charge in [-0.15, -0.1) is 0 Å². The maximum atomic E-state index is 13.8. The van der Waals surface area contributed by atoms with Crippen LogP contribution < -0.4 is 5.32 Å². The van der Waals surface area contributed by atoms with E-state index in [4.69, 9.17) is 4.42 Å². The maximum absolute atomic E-state index is 13.8. The fourth-order valence-electron chi connectivity index (χ4n) is 2.47. The van der Waals surface area contributed by atoms with E-state index in [9.17, 15) is 4.39 Å². The van der Waals surface area contributed by atoms with Crippen LogP contribution in [0.15, 0.2) is 34.7 Å². The first kappa shape index (κ1) is 15.7. The summed E-state index contributed by atoms with van der Waals surface area (Å²) in [5.74, 6) is 1.68. The zero-order chi connectivity index (χ0) is 15.4. The van der Waals surface area contributed by atoms with E-state index in [-0.39, 0.29) is 11.9 Å². The lowest BCUT2D eigenvalue weighted by Gasteiger charge is -2.24. The number of nitrogens with one attached hydrogen (secondary N) is 1. The van der Waals surface area contributed by atoms with E-state index in [2.05, 4.69) is 16.3 Å². The Bertz CT molecular complexity index is 594. The number of hydrogen-bond acceptors (Lipinski definition) is 3. The first-order valence-corrected chi connectivity index (χ1v) is 7.20. The van der Waals surface area contributed by atoms with Gasteiger partial charge in [0.15, 0.2) is 0 Å². The molecule has 3 nitrogen and oxygen atoms in total. The van der Waals surface area contributed by atoms with Crippen molar-refractivity contribution >= 4 is 0 Å². The second-order valence-corrected chi connectivity index (χ2v) is 5.44. The van der Waals surface area contributed by atoms with Crippen molar-refractivity contribution in [2.75, 3.05) is 14.1 Å². The first-order valence-electron chi connectivity index (χ1n) is 7.20. The molecule has 0 saturated heterocycles. The Labute approximate surface area is 125 Å². The molecule has 21 heavy (non-hydrogen) atoms. The Balaban J connectivity index is 2.09. The molecule has 0 amide bonds. The Kier molecular flexibility index (Phi) is 5.15. The number of rotatable bonds is 6. The van der Waals surface area contributed by atoms with Crippen LogP contribution in [0.2, 0.25) is 0 Å². The average Bonchev–Trinajstić information content (AvgIpc) is 2.79.